The van der Waals surface area contributed by atoms with E-state index in [2.05, 4.69) is 21.0 Å². The Balaban J connectivity index is 2.22. The van der Waals surface area contributed by atoms with Crippen LogP contribution in [-0.4, -0.2) is 29.3 Å². The second-order valence-electron chi connectivity index (χ2n) is 5.92. The molecule has 0 unspecified atom stereocenters. The number of hydrogen-bond donors (Lipinski definition) is 2. The Morgan fingerprint density at radius 3 is 2.26 bits per heavy atom. The predicted molar refractivity (Wildman–Crippen MR) is 104 cm³/mol. The predicted octanol–water partition coefficient (Wildman–Crippen LogP) is 3.14. The van der Waals surface area contributed by atoms with E-state index < -0.39 is 21.9 Å². The van der Waals surface area contributed by atoms with Crippen molar-refractivity contribution in [3.05, 3.63) is 64.8 Å². The largest absolute Gasteiger partial charge is 0.481 e. The van der Waals surface area contributed by atoms with E-state index in [4.69, 9.17) is 5.14 Å². The summed E-state index contributed by atoms with van der Waals surface area (Å²) in [4.78, 5) is 11.4. The van der Waals surface area contributed by atoms with Crippen LogP contribution in [0.3, 0.4) is 0 Å². The van der Waals surface area contributed by atoms with Gasteiger partial charge in [0.2, 0.25) is 10.0 Å². The maximum atomic E-state index is 11.5. The fourth-order valence-corrected chi connectivity index (χ4v) is 3.95. The molecule has 7 nitrogen and oxygen atoms in total. The van der Waals surface area contributed by atoms with E-state index in [9.17, 15) is 18.3 Å². The second kappa shape index (κ2) is 7.26. The Morgan fingerprint density at radius 1 is 1.15 bits per heavy atom. The van der Waals surface area contributed by atoms with Gasteiger partial charge >= 0.3 is 5.97 Å². The van der Waals surface area contributed by atoms with Gasteiger partial charge in [-0.1, -0.05) is 30.3 Å². The van der Waals surface area contributed by atoms with E-state index in [1.165, 1.54) is 12.1 Å². The molecule has 1 atom stereocenters. The number of carboxylic acids is 1. The molecule has 3 N–H and O–H groups in total. The smallest absolute Gasteiger partial charge is 0.312 e. The second-order valence-corrected chi connectivity index (χ2v) is 8.28. The van der Waals surface area contributed by atoms with Crippen molar-refractivity contribution in [1.29, 1.82) is 0 Å². The van der Waals surface area contributed by atoms with Crippen molar-refractivity contribution in [2.75, 3.05) is 0 Å². The zero-order chi connectivity index (χ0) is 19.8. The van der Waals surface area contributed by atoms with E-state index >= 15 is 0 Å². The van der Waals surface area contributed by atoms with Gasteiger partial charge in [-0.15, -0.1) is 0 Å². The topological polar surface area (TPSA) is 115 Å². The van der Waals surface area contributed by atoms with Crippen molar-refractivity contribution in [2.45, 2.75) is 17.7 Å². The number of nitrogens with two attached hydrogens (primary N) is 1. The Hall–Kier alpha value is -2.49. The van der Waals surface area contributed by atoms with Gasteiger partial charge in [0.25, 0.3) is 0 Å². The normalized spacial score (nSPS) is 12.7. The number of aromatic nitrogens is 2. The molecule has 0 radical (unpaired) electrons. The molecule has 140 valence electrons. The van der Waals surface area contributed by atoms with Crippen molar-refractivity contribution in [3.8, 4) is 16.9 Å². The van der Waals surface area contributed by atoms with E-state index in [0.29, 0.717) is 21.5 Å². The quantitative estimate of drug-likeness (QED) is 0.620. The van der Waals surface area contributed by atoms with Gasteiger partial charge in [-0.2, -0.15) is 5.10 Å². The number of benzene rings is 2. The van der Waals surface area contributed by atoms with Crippen LogP contribution in [-0.2, 0) is 14.8 Å². The van der Waals surface area contributed by atoms with Gasteiger partial charge in [0.15, 0.2) is 0 Å². The summed E-state index contributed by atoms with van der Waals surface area (Å²) < 4.78 is 25.1. The van der Waals surface area contributed by atoms with Gasteiger partial charge in [0.05, 0.1) is 32.4 Å². The minimum atomic E-state index is -3.81. The highest BCUT2D eigenvalue weighted by Crippen LogP contribution is 2.36. The number of hydrogen-bond acceptors (Lipinski definition) is 4. The Kier molecular flexibility index (Phi) is 5.18. The summed E-state index contributed by atoms with van der Waals surface area (Å²) >= 11 is 3.49. The molecule has 0 saturated carbocycles. The maximum absolute atomic E-state index is 11.5. The number of halogens is 1. The van der Waals surface area contributed by atoms with Crippen molar-refractivity contribution >= 4 is 31.9 Å². The van der Waals surface area contributed by atoms with Gasteiger partial charge in [0, 0.05) is 5.56 Å². The fraction of sp³-hybridized carbons (Fsp3) is 0.111. The Bertz CT molecular complexity index is 1090. The van der Waals surface area contributed by atoms with E-state index in [-0.39, 0.29) is 4.90 Å². The first-order valence-electron chi connectivity index (χ1n) is 7.90. The summed E-state index contributed by atoms with van der Waals surface area (Å²) in [5, 5.41) is 19.0. The number of aliphatic carboxylic acids is 1. The average molecular weight is 450 g/mol. The molecule has 0 aliphatic rings. The SMILES string of the molecule is C[C@@H](C(=O)O)c1nn(-c2ccc(S(N)(=O)=O)cc2)c(-c2ccccc2)c1Br. The van der Waals surface area contributed by atoms with Crippen LogP contribution < -0.4 is 5.14 Å². The molecule has 27 heavy (non-hydrogen) atoms. The maximum Gasteiger partial charge on any atom is 0.312 e. The molecular formula is C18H16BrN3O4S. The summed E-state index contributed by atoms with van der Waals surface area (Å²) in [6, 6.07) is 15.3. The minimum Gasteiger partial charge on any atom is -0.481 e. The summed E-state index contributed by atoms with van der Waals surface area (Å²) in [6.07, 6.45) is 0. The van der Waals surface area contributed by atoms with Crippen LogP contribution in [0.4, 0.5) is 0 Å². The van der Waals surface area contributed by atoms with Crippen LogP contribution >= 0.6 is 15.9 Å². The van der Waals surface area contributed by atoms with E-state index in [1.54, 1.807) is 23.7 Å². The lowest BCUT2D eigenvalue weighted by Crippen LogP contribution is -2.12. The summed E-state index contributed by atoms with van der Waals surface area (Å²) in [5.41, 5.74) is 2.45. The van der Waals surface area contributed by atoms with E-state index in [1.807, 2.05) is 30.3 Å². The lowest BCUT2D eigenvalue weighted by atomic mass is 10.1. The standard InChI is InChI=1S/C18H16BrN3O4S/c1-11(18(23)24)16-15(19)17(12-5-3-2-4-6-12)22(21-16)13-7-9-14(10-8-13)27(20,25)26/h2-11H,1H3,(H,23,24)(H2,20,25,26)/t11-/m1/s1. The molecule has 0 aliphatic carbocycles. The third kappa shape index (κ3) is 3.80. The van der Waals surface area contributed by atoms with Crippen LogP contribution in [0.25, 0.3) is 16.9 Å². The molecule has 9 heteroatoms. The molecule has 0 amide bonds. The number of carboxylic acid groups (broad SMARTS) is 1. The lowest BCUT2D eigenvalue weighted by Gasteiger charge is -2.09. The zero-order valence-corrected chi connectivity index (χ0v) is 16.6. The first-order chi connectivity index (χ1) is 12.7. The molecule has 0 fully saturated rings. The third-order valence-electron chi connectivity index (χ3n) is 4.09. The average Bonchev–Trinajstić information content (AvgIpc) is 2.98. The highest BCUT2D eigenvalue weighted by Gasteiger charge is 2.26. The summed E-state index contributed by atoms with van der Waals surface area (Å²) in [5.74, 6) is -1.82. The fourth-order valence-electron chi connectivity index (χ4n) is 2.62. The molecule has 2 aromatic carbocycles. The Morgan fingerprint density at radius 2 is 1.74 bits per heavy atom. The van der Waals surface area contributed by atoms with Gasteiger partial charge < -0.3 is 5.11 Å². The third-order valence-corrected chi connectivity index (χ3v) is 5.80. The highest BCUT2D eigenvalue weighted by molar-refractivity contribution is 9.10. The highest BCUT2D eigenvalue weighted by atomic mass is 79.9. The molecule has 0 aliphatic heterocycles. The monoisotopic (exact) mass is 449 g/mol. The van der Waals surface area contributed by atoms with Crippen molar-refractivity contribution in [1.82, 2.24) is 9.78 Å². The van der Waals surface area contributed by atoms with Crippen LogP contribution in [0.15, 0.2) is 64.0 Å². The molecule has 3 aromatic rings. The molecule has 0 saturated heterocycles. The number of primary sulfonamides is 1. The van der Waals surface area contributed by atoms with Crippen molar-refractivity contribution < 1.29 is 18.3 Å². The van der Waals surface area contributed by atoms with Crippen LogP contribution in [0.1, 0.15) is 18.5 Å². The molecule has 0 bridgehead atoms. The summed E-state index contributed by atoms with van der Waals surface area (Å²) in [7, 11) is -3.81. The van der Waals surface area contributed by atoms with Crippen molar-refractivity contribution in [3.63, 3.8) is 0 Å². The summed E-state index contributed by atoms with van der Waals surface area (Å²) in [6.45, 7) is 1.55. The first-order valence-corrected chi connectivity index (χ1v) is 10.2. The lowest BCUT2D eigenvalue weighted by molar-refractivity contribution is -0.138. The van der Waals surface area contributed by atoms with Gasteiger partial charge in [-0.3, -0.25) is 4.79 Å². The van der Waals surface area contributed by atoms with Crippen LogP contribution in [0.2, 0.25) is 0 Å². The molecule has 1 heterocycles. The van der Waals surface area contributed by atoms with E-state index in [0.717, 1.165) is 5.56 Å². The number of nitrogens with zero attached hydrogens (tertiary/aromatic N) is 2. The number of rotatable bonds is 5. The van der Waals surface area contributed by atoms with Crippen molar-refractivity contribution in [2.24, 2.45) is 5.14 Å². The zero-order valence-electron chi connectivity index (χ0n) is 14.2. The number of sulfonamides is 1. The van der Waals surface area contributed by atoms with Gasteiger partial charge in [0.1, 0.15) is 0 Å². The minimum absolute atomic E-state index is 0.0159. The van der Waals surface area contributed by atoms with Crippen LogP contribution in [0, 0.1) is 0 Å². The molecular weight excluding hydrogens is 434 g/mol. The first kappa shape index (κ1) is 19.3. The Labute approximate surface area is 164 Å². The molecule has 3 rings (SSSR count). The molecule has 0 spiro atoms. The van der Waals surface area contributed by atoms with Gasteiger partial charge in [-0.25, -0.2) is 18.2 Å². The molecule has 1 aromatic heterocycles. The van der Waals surface area contributed by atoms with Gasteiger partial charge in [-0.05, 0) is 47.1 Å². The van der Waals surface area contributed by atoms with Crippen LogP contribution in [0.5, 0.6) is 0 Å². The number of carbonyl (C=O) groups is 1.